The van der Waals surface area contributed by atoms with Gasteiger partial charge < -0.3 is 4.90 Å². The predicted molar refractivity (Wildman–Crippen MR) is 119 cm³/mol. The highest BCUT2D eigenvalue weighted by Crippen LogP contribution is 2.44. The van der Waals surface area contributed by atoms with Gasteiger partial charge in [0.1, 0.15) is 11.6 Å². The molecule has 0 radical (unpaired) electrons. The van der Waals surface area contributed by atoms with Crippen molar-refractivity contribution in [3.05, 3.63) is 59.2 Å². The van der Waals surface area contributed by atoms with E-state index in [0.29, 0.717) is 23.3 Å². The number of fused-ring (bicyclic) bond motifs is 4. The first kappa shape index (κ1) is 20.0. The quantitative estimate of drug-likeness (QED) is 0.376. The van der Waals surface area contributed by atoms with E-state index in [2.05, 4.69) is 33.9 Å². The second-order valence-electron chi connectivity index (χ2n) is 8.96. The molecular formula is C25H20F3N5. The summed E-state index contributed by atoms with van der Waals surface area (Å²) in [5.74, 6) is 6.34. The van der Waals surface area contributed by atoms with Crippen LogP contribution in [0.3, 0.4) is 0 Å². The van der Waals surface area contributed by atoms with Crippen molar-refractivity contribution in [1.82, 2.24) is 19.6 Å². The highest BCUT2D eigenvalue weighted by Gasteiger charge is 2.35. The minimum atomic E-state index is -2.83. The van der Waals surface area contributed by atoms with Gasteiger partial charge >= 0.3 is 0 Å². The number of alkyl halides is 2. The molecule has 0 atom stereocenters. The highest BCUT2D eigenvalue weighted by atomic mass is 19.3. The van der Waals surface area contributed by atoms with E-state index < -0.39 is 18.1 Å². The Kier molecular flexibility index (Phi) is 4.37. The van der Waals surface area contributed by atoms with Gasteiger partial charge in [-0.2, -0.15) is 4.98 Å². The third-order valence-corrected chi connectivity index (χ3v) is 6.52. The predicted octanol–water partition coefficient (Wildman–Crippen LogP) is 5.59. The number of hydrogen-bond donors (Lipinski definition) is 0. The molecule has 0 bridgehead atoms. The molecule has 3 heterocycles. The van der Waals surface area contributed by atoms with Crippen molar-refractivity contribution >= 4 is 28.2 Å². The van der Waals surface area contributed by atoms with Crippen molar-refractivity contribution in [3.63, 3.8) is 0 Å². The minimum Gasteiger partial charge on any atom is -0.325 e. The molecule has 0 unspecified atom stereocenters. The van der Waals surface area contributed by atoms with Gasteiger partial charge in [-0.1, -0.05) is 17.9 Å². The van der Waals surface area contributed by atoms with E-state index in [-0.39, 0.29) is 11.2 Å². The standard InChI is InChI=1S/C25H20F3N5/c1-25(11-12-25)10-9-15-4-2-6-19-17(15)5-3-13-32(19)22-18-14-16(26)7-8-20(18)33-23(21(27)28)30-31-24(33)29-22/h2,4,6-8,14,21H,3,5,11-13H2,1H3. The summed E-state index contributed by atoms with van der Waals surface area (Å²) in [5, 5.41) is 7.95. The molecule has 1 aliphatic heterocycles. The molecule has 2 aromatic heterocycles. The summed E-state index contributed by atoms with van der Waals surface area (Å²) in [7, 11) is 0. The molecule has 0 spiro atoms. The van der Waals surface area contributed by atoms with Crippen LogP contribution in [0.15, 0.2) is 36.4 Å². The lowest BCUT2D eigenvalue weighted by molar-refractivity contribution is 0.139. The van der Waals surface area contributed by atoms with E-state index in [1.807, 2.05) is 23.1 Å². The van der Waals surface area contributed by atoms with Crippen LogP contribution in [0.4, 0.5) is 24.7 Å². The second-order valence-corrected chi connectivity index (χ2v) is 8.96. The zero-order valence-electron chi connectivity index (χ0n) is 17.9. The summed E-state index contributed by atoms with van der Waals surface area (Å²) in [4.78, 5) is 6.59. The molecule has 0 amide bonds. The molecule has 1 aliphatic carbocycles. The fraction of sp³-hybridized carbons (Fsp3) is 0.320. The fourth-order valence-corrected chi connectivity index (χ4v) is 4.47. The Balaban J connectivity index is 1.56. The molecule has 2 aliphatic rings. The second kappa shape index (κ2) is 7.20. The molecule has 6 rings (SSSR count). The Hall–Kier alpha value is -3.60. The third kappa shape index (κ3) is 3.30. The zero-order chi connectivity index (χ0) is 22.7. The molecule has 166 valence electrons. The lowest BCUT2D eigenvalue weighted by Crippen LogP contribution is -2.26. The summed E-state index contributed by atoms with van der Waals surface area (Å²) in [6.45, 7) is 2.83. The van der Waals surface area contributed by atoms with E-state index in [4.69, 9.17) is 0 Å². The molecular weight excluding hydrogens is 427 g/mol. The Labute approximate surface area is 188 Å². The average Bonchev–Trinajstić information content (AvgIpc) is 3.38. The maximum absolute atomic E-state index is 14.3. The molecule has 33 heavy (non-hydrogen) atoms. The van der Waals surface area contributed by atoms with Gasteiger partial charge in [0.2, 0.25) is 5.82 Å². The van der Waals surface area contributed by atoms with Crippen molar-refractivity contribution < 1.29 is 13.2 Å². The van der Waals surface area contributed by atoms with Gasteiger partial charge in [0, 0.05) is 28.6 Å². The van der Waals surface area contributed by atoms with Gasteiger partial charge in [0.25, 0.3) is 12.2 Å². The van der Waals surface area contributed by atoms with Crippen LogP contribution in [0.1, 0.15) is 49.6 Å². The lowest BCUT2D eigenvalue weighted by atomic mass is 9.95. The van der Waals surface area contributed by atoms with Gasteiger partial charge in [-0.15, -0.1) is 10.2 Å². The van der Waals surface area contributed by atoms with Crippen LogP contribution in [-0.2, 0) is 6.42 Å². The molecule has 0 N–H and O–H groups in total. The normalized spacial score (nSPS) is 16.7. The maximum atomic E-state index is 14.3. The summed E-state index contributed by atoms with van der Waals surface area (Å²) in [6, 6.07) is 10.0. The summed E-state index contributed by atoms with van der Waals surface area (Å²) in [5.41, 5.74) is 3.57. The molecule has 0 saturated heterocycles. The third-order valence-electron chi connectivity index (χ3n) is 6.52. The number of aromatic nitrogens is 4. The van der Waals surface area contributed by atoms with Crippen molar-refractivity contribution in [3.8, 4) is 11.8 Å². The van der Waals surface area contributed by atoms with Crippen LogP contribution in [0.2, 0.25) is 0 Å². The number of halogens is 3. The first-order chi connectivity index (χ1) is 15.9. The van der Waals surface area contributed by atoms with Gasteiger partial charge in [-0.25, -0.2) is 13.2 Å². The smallest absolute Gasteiger partial charge is 0.297 e. The first-order valence-electron chi connectivity index (χ1n) is 11.0. The first-order valence-corrected chi connectivity index (χ1v) is 11.0. The number of rotatable bonds is 2. The van der Waals surface area contributed by atoms with Crippen LogP contribution in [0.5, 0.6) is 0 Å². The van der Waals surface area contributed by atoms with Gasteiger partial charge in [-0.05, 0) is 68.5 Å². The van der Waals surface area contributed by atoms with Crippen LogP contribution in [-0.4, -0.2) is 26.1 Å². The lowest BCUT2D eigenvalue weighted by Gasteiger charge is -2.32. The summed E-state index contributed by atoms with van der Waals surface area (Å²) >= 11 is 0. The SMILES string of the molecule is CC1(C#Cc2cccc3c2CCCN3c2nc3nnc(C(F)F)n3c3ccc(F)cc23)CC1. The number of nitrogens with zero attached hydrogens (tertiary/aromatic N) is 5. The fourth-order valence-electron chi connectivity index (χ4n) is 4.47. The molecule has 1 fully saturated rings. The number of anilines is 2. The van der Waals surface area contributed by atoms with E-state index >= 15 is 0 Å². The van der Waals surface area contributed by atoms with E-state index in [1.54, 1.807) is 0 Å². The van der Waals surface area contributed by atoms with Gasteiger partial charge in [0.15, 0.2) is 0 Å². The molecule has 4 aromatic rings. The summed E-state index contributed by atoms with van der Waals surface area (Å²) in [6.07, 6.45) is 1.17. The molecule has 8 heteroatoms. The van der Waals surface area contributed by atoms with Crippen molar-refractivity contribution in [2.45, 2.75) is 39.0 Å². The molecule has 5 nitrogen and oxygen atoms in total. The van der Waals surface area contributed by atoms with Crippen molar-refractivity contribution in [2.75, 3.05) is 11.4 Å². The van der Waals surface area contributed by atoms with Crippen molar-refractivity contribution in [1.29, 1.82) is 0 Å². The topological polar surface area (TPSA) is 46.3 Å². The van der Waals surface area contributed by atoms with Gasteiger partial charge in [0.05, 0.1) is 5.52 Å². The zero-order valence-corrected chi connectivity index (χ0v) is 17.9. The summed E-state index contributed by atoms with van der Waals surface area (Å²) < 4.78 is 42.6. The Bertz CT molecular complexity index is 1480. The Morgan fingerprint density at radius 3 is 2.76 bits per heavy atom. The highest BCUT2D eigenvalue weighted by molar-refractivity contribution is 5.94. The average molecular weight is 447 g/mol. The number of hydrogen-bond acceptors (Lipinski definition) is 4. The van der Waals surface area contributed by atoms with Crippen LogP contribution < -0.4 is 4.90 Å². The Morgan fingerprint density at radius 2 is 1.97 bits per heavy atom. The van der Waals surface area contributed by atoms with Crippen molar-refractivity contribution in [2.24, 2.45) is 5.41 Å². The van der Waals surface area contributed by atoms with Crippen LogP contribution in [0, 0.1) is 23.1 Å². The molecule has 1 saturated carbocycles. The largest absolute Gasteiger partial charge is 0.325 e. The minimum absolute atomic E-state index is 0.0594. The maximum Gasteiger partial charge on any atom is 0.297 e. The van der Waals surface area contributed by atoms with Crippen LogP contribution >= 0.6 is 0 Å². The number of benzene rings is 2. The monoisotopic (exact) mass is 447 g/mol. The van der Waals surface area contributed by atoms with E-state index in [9.17, 15) is 13.2 Å². The van der Waals surface area contributed by atoms with Crippen LogP contribution in [0.25, 0.3) is 16.7 Å². The van der Waals surface area contributed by atoms with Gasteiger partial charge in [-0.3, -0.25) is 4.40 Å². The molecule has 2 aromatic carbocycles. The van der Waals surface area contributed by atoms with E-state index in [1.165, 1.54) is 22.6 Å². The Morgan fingerprint density at radius 1 is 1.12 bits per heavy atom. The van der Waals surface area contributed by atoms with E-state index in [0.717, 1.165) is 42.5 Å².